The molecule has 0 unspecified atom stereocenters. The van der Waals surface area contributed by atoms with Crippen molar-refractivity contribution in [2.24, 2.45) is 10.8 Å². The zero-order valence-electron chi connectivity index (χ0n) is 34.3. The molecule has 0 aliphatic rings. The summed E-state index contributed by atoms with van der Waals surface area (Å²) < 4.78 is 54.6. The van der Waals surface area contributed by atoms with Crippen molar-refractivity contribution < 1.29 is 56.4 Å². The number of aliphatic carboxylic acids is 1. The molecule has 0 atom stereocenters. The number of aromatic nitrogens is 2. The summed E-state index contributed by atoms with van der Waals surface area (Å²) >= 11 is 0. The van der Waals surface area contributed by atoms with Gasteiger partial charge in [0.2, 0.25) is 11.9 Å². The van der Waals surface area contributed by atoms with Crippen molar-refractivity contribution in [3.63, 3.8) is 0 Å². The number of nitrogens with one attached hydrogen (secondary N) is 3. The number of nitrogens with zero attached hydrogens (tertiary/aromatic N) is 2. The van der Waals surface area contributed by atoms with Gasteiger partial charge >= 0.3 is 11.9 Å². The van der Waals surface area contributed by atoms with Crippen molar-refractivity contribution in [3.8, 4) is 0 Å². The van der Waals surface area contributed by atoms with Gasteiger partial charge < -0.3 is 39.4 Å². The van der Waals surface area contributed by atoms with E-state index in [0.29, 0.717) is 6.42 Å². The number of unbranched alkanes of at least 4 members (excludes halogenated alkanes) is 1. The molecule has 320 valence electrons. The molecule has 17 nitrogen and oxygen atoms in total. The van der Waals surface area contributed by atoms with Crippen LogP contribution in [0.2, 0.25) is 0 Å². The van der Waals surface area contributed by atoms with Crippen LogP contribution in [-0.2, 0) is 54.5 Å². The summed E-state index contributed by atoms with van der Waals surface area (Å²) in [4.78, 5) is 55.3. The van der Waals surface area contributed by atoms with Gasteiger partial charge in [-0.1, -0.05) is 32.4 Å². The number of aryl methyl sites for hydroxylation is 1. The van der Waals surface area contributed by atoms with E-state index in [-0.39, 0.29) is 93.0 Å². The number of benzene rings is 1. The quantitative estimate of drug-likeness (QED) is 0.0708. The molecule has 1 heterocycles. The predicted octanol–water partition coefficient (Wildman–Crippen LogP) is 3.77. The molecule has 0 bridgehead atoms. The van der Waals surface area contributed by atoms with Gasteiger partial charge in [-0.25, -0.2) is 27.9 Å². The number of anilines is 1. The van der Waals surface area contributed by atoms with Crippen LogP contribution in [0.4, 0.5) is 5.95 Å². The molecule has 2 rings (SSSR count). The number of amides is 2. The van der Waals surface area contributed by atoms with Crippen LogP contribution in [0.1, 0.15) is 90.1 Å². The van der Waals surface area contributed by atoms with Crippen LogP contribution in [0.3, 0.4) is 0 Å². The lowest BCUT2D eigenvalue weighted by molar-refractivity contribution is -0.167. The smallest absolute Gasteiger partial charge is 0.329 e. The summed E-state index contributed by atoms with van der Waals surface area (Å²) in [6.07, 6.45) is 6.71. The van der Waals surface area contributed by atoms with Crippen molar-refractivity contribution in [2.75, 3.05) is 70.7 Å². The zero-order chi connectivity index (χ0) is 42.5. The number of carbonyl (C=O) groups is 4. The predicted molar refractivity (Wildman–Crippen MR) is 211 cm³/mol. The Labute approximate surface area is 336 Å². The van der Waals surface area contributed by atoms with Gasteiger partial charge in [0.25, 0.3) is 15.9 Å². The molecule has 4 N–H and O–H groups in total. The van der Waals surface area contributed by atoms with Crippen molar-refractivity contribution in [2.45, 2.75) is 91.1 Å². The average molecular weight is 824 g/mol. The second-order valence-corrected chi connectivity index (χ2v) is 17.5. The van der Waals surface area contributed by atoms with E-state index in [2.05, 4.69) is 39.2 Å². The Morgan fingerprint density at radius 2 is 1.30 bits per heavy atom. The highest BCUT2D eigenvalue weighted by Crippen LogP contribution is 2.39. The van der Waals surface area contributed by atoms with E-state index in [1.807, 2.05) is 34.6 Å². The number of rotatable bonds is 28. The van der Waals surface area contributed by atoms with Crippen molar-refractivity contribution in [1.29, 1.82) is 0 Å². The molecule has 0 radical (unpaired) electrons. The Kier molecular flexibility index (Phi) is 20.5. The first-order valence-corrected chi connectivity index (χ1v) is 20.4. The summed E-state index contributed by atoms with van der Waals surface area (Å²) in [6, 6.07) is 6.63. The van der Waals surface area contributed by atoms with E-state index in [0.717, 1.165) is 31.2 Å². The molecule has 57 heavy (non-hydrogen) atoms. The minimum atomic E-state index is -3.97. The third-order valence-electron chi connectivity index (χ3n) is 8.12. The molecular formula is C39H61N5O12S. The van der Waals surface area contributed by atoms with E-state index >= 15 is 0 Å². The third-order valence-corrected chi connectivity index (χ3v) is 9.46. The summed E-state index contributed by atoms with van der Waals surface area (Å²) in [7, 11) is -3.97. The van der Waals surface area contributed by atoms with E-state index < -0.39 is 39.5 Å². The molecule has 2 amide bonds. The third kappa shape index (κ3) is 21.2. The first kappa shape index (κ1) is 48.9. The fourth-order valence-electron chi connectivity index (χ4n) is 5.63. The molecule has 0 saturated carbocycles. The van der Waals surface area contributed by atoms with E-state index in [1.54, 1.807) is 12.1 Å². The van der Waals surface area contributed by atoms with Crippen LogP contribution < -0.4 is 15.4 Å². The highest BCUT2D eigenvalue weighted by molar-refractivity contribution is 7.92. The average Bonchev–Trinajstić information content (AvgIpc) is 3.11. The second-order valence-electron chi connectivity index (χ2n) is 15.8. The Hall–Kier alpha value is -4.23. The summed E-state index contributed by atoms with van der Waals surface area (Å²) in [5, 5.41) is 13.7. The largest absolute Gasteiger partial charge is 0.480 e. The van der Waals surface area contributed by atoms with Gasteiger partial charge in [-0.2, -0.15) is 0 Å². The minimum Gasteiger partial charge on any atom is -0.480 e. The molecule has 0 spiro atoms. The number of carboxylic acids is 1. The SMILES string of the molecule is CC(C)(CCCCc1ccc(S(=O)(=O)Nc2ncc(C(=O)NCCOCCOCC(=O)NCCOCCOCC(=O)O)cn2)cc1)CC(C)(C)C(=O)OC(C)(C)C. The van der Waals surface area contributed by atoms with Crippen LogP contribution in [0.5, 0.6) is 0 Å². The van der Waals surface area contributed by atoms with Crippen LogP contribution in [0.25, 0.3) is 0 Å². The highest BCUT2D eigenvalue weighted by Gasteiger charge is 2.37. The van der Waals surface area contributed by atoms with Crippen molar-refractivity contribution in [1.82, 2.24) is 20.6 Å². The van der Waals surface area contributed by atoms with E-state index in [9.17, 15) is 27.6 Å². The monoisotopic (exact) mass is 823 g/mol. The molecular weight excluding hydrogens is 763 g/mol. The molecule has 1 aromatic heterocycles. The topological polar surface area (TPSA) is 231 Å². The zero-order valence-corrected chi connectivity index (χ0v) is 35.1. The number of sulfonamides is 1. The maximum Gasteiger partial charge on any atom is 0.329 e. The summed E-state index contributed by atoms with van der Waals surface area (Å²) in [6.45, 7) is 14.8. The fraction of sp³-hybridized carbons (Fsp3) is 0.641. The molecule has 0 aliphatic heterocycles. The number of hydrogen-bond donors (Lipinski definition) is 4. The lowest BCUT2D eigenvalue weighted by atomic mass is 9.72. The Bertz CT molecular complexity index is 1660. The van der Waals surface area contributed by atoms with Gasteiger partial charge in [-0.05, 0) is 83.4 Å². The Balaban J connectivity index is 1.63. The van der Waals surface area contributed by atoms with Gasteiger partial charge in [0.1, 0.15) is 18.8 Å². The van der Waals surface area contributed by atoms with Gasteiger partial charge in [-0.3, -0.25) is 14.4 Å². The minimum absolute atomic E-state index is 0.0527. The second kappa shape index (κ2) is 23.9. The molecule has 0 fully saturated rings. The lowest BCUT2D eigenvalue weighted by Crippen LogP contribution is -2.36. The van der Waals surface area contributed by atoms with Gasteiger partial charge in [0.05, 0.1) is 55.5 Å². The van der Waals surface area contributed by atoms with Crippen molar-refractivity contribution >= 4 is 39.7 Å². The van der Waals surface area contributed by atoms with Gasteiger partial charge in [0, 0.05) is 25.5 Å². The molecule has 0 saturated heterocycles. The maximum atomic E-state index is 13.0. The fourth-order valence-corrected chi connectivity index (χ4v) is 6.59. The number of esters is 1. The van der Waals surface area contributed by atoms with Crippen LogP contribution in [0, 0.1) is 10.8 Å². The van der Waals surface area contributed by atoms with Crippen LogP contribution >= 0.6 is 0 Å². The standard InChI is InChI=1S/C39H61N5O12S/c1-37(2,3)56-35(49)39(6,7)28-38(4,5)15-9-8-10-29-11-13-31(14-12-29)57(50,51)44-36-42-24-30(25-43-36)34(48)41-17-19-53-20-22-54-26-32(45)40-16-18-52-21-23-55-27-33(46)47/h11-14,24-25H,8-10,15-23,26-28H2,1-7H3,(H,40,45)(H,41,48)(H,46,47)(H,42,43,44). The Morgan fingerprint density at radius 3 is 1.88 bits per heavy atom. The summed E-state index contributed by atoms with van der Waals surface area (Å²) in [5.74, 6) is -2.23. The normalized spacial score (nSPS) is 12.2. The lowest BCUT2D eigenvalue weighted by Gasteiger charge is -2.35. The number of carboxylic acid groups (broad SMARTS) is 1. The molecule has 18 heteroatoms. The first-order valence-electron chi connectivity index (χ1n) is 18.9. The van der Waals surface area contributed by atoms with Crippen LogP contribution in [0.15, 0.2) is 41.6 Å². The number of carbonyl (C=O) groups excluding carboxylic acids is 3. The Morgan fingerprint density at radius 1 is 0.737 bits per heavy atom. The van der Waals surface area contributed by atoms with Gasteiger partial charge in [0.15, 0.2) is 0 Å². The first-order chi connectivity index (χ1) is 26.7. The highest BCUT2D eigenvalue weighted by atomic mass is 32.2. The molecule has 1 aromatic carbocycles. The molecule has 0 aliphatic carbocycles. The van der Waals surface area contributed by atoms with Crippen LogP contribution in [-0.4, -0.2) is 119 Å². The van der Waals surface area contributed by atoms with E-state index in [4.69, 9.17) is 28.8 Å². The number of hydrogen-bond acceptors (Lipinski definition) is 13. The number of ether oxygens (including phenoxy) is 5. The molecule has 2 aromatic rings. The van der Waals surface area contributed by atoms with Gasteiger partial charge in [-0.15, -0.1) is 0 Å². The van der Waals surface area contributed by atoms with Crippen molar-refractivity contribution in [3.05, 3.63) is 47.8 Å². The summed E-state index contributed by atoms with van der Waals surface area (Å²) in [5.41, 5.74) is -0.0529. The van der Waals surface area contributed by atoms with E-state index in [1.165, 1.54) is 24.5 Å². The maximum absolute atomic E-state index is 13.0.